The number of nitrogens with zero attached hydrogens (tertiary/aromatic N) is 1. The van der Waals surface area contributed by atoms with Crippen LogP contribution >= 0.6 is 0 Å². The molecule has 0 bridgehead atoms. The summed E-state index contributed by atoms with van der Waals surface area (Å²) >= 11 is 0. The number of rotatable bonds is 5. The average molecular weight is 260 g/mol. The van der Waals surface area contributed by atoms with Gasteiger partial charge >= 0.3 is 0 Å². The number of benzene rings is 1. The molecule has 0 atom stereocenters. The van der Waals surface area contributed by atoms with E-state index in [9.17, 15) is 4.79 Å². The second-order valence-electron chi connectivity index (χ2n) is 4.05. The molecule has 1 aromatic rings. The molecule has 1 aromatic carbocycles. The van der Waals surface area contributed by atoms with E-state index in [0.29, 0.717) is 19.7 Å². The molecule has 102 valence electrons. The third-order valence-corrected chi connectivity index (χ3v) is 2.61. The Morgan fingerprint density at radius 2 is 2.16 bits per heavy atom. The lowest BCUT2D eigenvalue weighted by atomic mass is 10.1. The SMILES string of the molecule is CCOCC(=O)N(C)Cc1ccccc1C#CCN. The number of amides is 1. The average Bonchev–Trinajstić information content (AvgIpc) is 2.43. The van der Waals surface area contributed by atoms with Crippen molar-refractivity contribution in [3.8, 4) is 11.8 Å². The van der Waals surface area contributed by atoms with Crippen LogP contribution in [0.15, 0.2) is 24.3 Å². The Labute approximate surface area is 114 Å². The van der Waals surface area contributed by atoms with Crippen molar-refractivity contribution in [2.75, 3.05) is 26.8 Å². The van der Waals surface area contributed by atoms with Crippen molar-refractivity contribution in [2.45, 2.75) is 13.5 Å². The first kappa shape index (κ1) is 15.2. The van der Waals surface area contributed by atoms with Gasteiger partial charge in [0.15, 0.2) is 0 Å². The van der Waals surface area contributed by atoms with Crippen LogP contribution in [0.3, 0.4) is 0 Å². The van der Waals surface area contributed by atoms with Crippen LogP contribution in [0.4, 0.5) is 0 Å². The minimum atomic E-state index is -0.0385. The summed E-state index contributed by atoms with van der Waals surface area (Å²) < 4.78 is 5.11. The molecule has 0 aliphatic heterocycles. The van der Waals surface area contributed by atoms with Crippen LogP contribution < -0.4 is 5.73 Å². The molecule has 0 unspecified atom stereocenters. The molecule has 1 amide bonds. The van der Waals surface area contributed by atoms with Crippen molar-refractivity contribution in [3.63, 3.8) is 0 Å². The number of likely N-dealkylation sites (N-methyl/N-ethyl adjacent to an activating group) is 1. The van der Waals surface area contributed by atoms with Crippen molar-refractivity contribution >= 4 is 5.91 Å². The zero-order valence-corrected chi connectivity index (χ0v) is 11.5. The zero-order chi connectivity index (χ0) is 14.1. The molecule has 0 fully saturated rings. The van der Waals surface area contributed by atoms with Crippen LogP contribution in [0.1, 0.15) is 18.1 Å². The predicted octanol–water partition coefficient (Wildman–Crippen LogP) is 0.992. The van der Waals surface area contributed by atoms with Gasteiger partial charge in [-0.05, 0) is 18.6 Å². The summed E-state index contributed by atoms with van der Waals surface area (Å²) in [5.74, 6) is 5.81. The highest BCUT2D eigenvalue weighted by Crippen LogP contribution is 2.10. The first-order chi connectivity index (χ1) is 9.19. The molecule has 1 rings (SSSR count). The third kappa shape index (κ3) is 5.12. The van der Waals surface area contributed by atoms with E-state index in [0.717, 1.165) is 11.1 Å². The predicted molar refractivity (Wildman–Crippen MR) is 75.3 cm³/mol. The van der Waals surface area contributed by atoms with E-state index in [1.54, 1.807) is 11.9 Å². The van der Waals surface area contributed by atoms with Crippen molar-refractivity contribution in [3.05, 3.63) is 35.4 Å². The standard InChI is InChI=1S/C15H20N2O2/c1-3-19-12-15(18)17(2)11-14-8-5-4-7-13(14)9-6-10-16/h4-5,7-8H,3,10-12,16H2,1-2H3. The summed E-state index contributed by atoms with van der Waals surface area (Å²) in [6.45, 7) is 3.36. The summed E-state index contributed by atoms with van der Waals surface area (Å²) in [5.41, 5.74) is 7.29. The van der Waals surface area contributed by atoms with Crippen LogP contribution in [0.2, 0.25) is 0 Å². The molecular weight excluding hydrogens is 240 g/mol. The summed E-state index contributed by atoms with van der Waals surface area (Å²) in [6.07, 6.45) is 0. The second kappa shape index (κ2) is 8.30. The quantitative estimate of drug-likeness (QED) is 0.803. The molecular formula is C15H20N2O2. The van der Waals surface area contributed by atoms with E-state index in [2.05, 4.69) is 11.8 Å². The Morgan fingerprint density at radius 3 is 2.84 bits per heavy atom. The molecule has 4 heteroatoms. The molecule has 0 radical (unpaired) electrons. The number of nitrogens with two attached hydrogens (primary N) is 1. The molecule has 0 spiro atoms. The zero-order valence-electron chi connectivity index (χ0n) is 11.5. The maximum Gasteiger partial charge on any atom is 0.248 e. The molecule has 0 aromatic heterocycles. The highest BCUT2D eigenvalue weighted by atomic mass is 16.5. The molecule has 0 saturated heterocycles. The summed E-state index contributed by atoms with van der Waals surface area (Å²) in [5, 5.41) is 0. The number of carbonyl (C=O) groups excluding carboxylic acids is 1. The Hall–Kier alpha value is -1.83. The van der Waals surface area contributed by atoms with Gasteiger partial charge in [0.1, 0.15) is 6.61 Å². The number of carbonyl (C=O) groups is 1. The fourth-order valence-electron chi connectivity index (χ4n) is 1.57. The van der Waals surface area contributed by atoms with Gasteiger partial charge in [0.05, 0.1) is 6.54 Å². The second-order valence-corrected chi connectivity index (χ2v) is 4.05. The molecule has 0 aliphatic rings. The number of ether oxygens (including phenoxy) is 1. The molecule has 4 nitrogen and oxygen atoms in total. The first-order valence-electron chi connectivity index (χ1n) is 6.27. The Bertz CT molecular complexity index is 475. The lowest BCUT2D eigenvalue weighted by Gasteiger charge is -2.18. The third-order valence-electron chi connectivity index (χ3n) is 2.61. The van der Waals surface area contributed by atoms with Crippen molar-refractivity contribution in [1.29, 1.82) is 0 Å². The summed E-state index contributed by atoms with van der Waals surface area (Å²) in [7, 11) is 1.76. The number of hydrogen-bond acceptors (Lipinski definition) is 3. The number of hydrogen-bond donors (Lipinski definition) is 1. The van der Waals surface area contributed by atoms with Gasteiger partial charge in [-0.15, -0.1) is 0 Å². The van der Waals surface area contributed by atoms with Crippen LogP contribution in [0.25, 0.3) is 0 Å². The van der Waals surface area contributed by atoms with E-state index in [4.69, 9.17) is 10.5 Å². The van der Waals surface area contributed by atoms with E-state index in [-0.39, 0.29) is 12.5 Å². The monoisotopic (exact) mass is 260 g/mol. The van der Waals surface area contributed by atoms with Gasteiger partial charge in [-0.2, -0.15) is 0 Å². The summed E-state index contributed by atoms with van der Waals surface area (Å²) in [4.78, 5) is 13.4. The van der Waals surface area contributed by atoms with E-state index in [1.165, 1.54) is 0 Å². The molecule has 19 heavy (non-hydrogen) atoms. The summed E-state index contributed by atoms with van der Waals surface area (Å²) in [6, 6.07) is 7.75. The lowest BCUT2D eigenvalue weighted by Crippen LogP contribution is -2.30. The fraction of sp³-hybridized carbons (Fsp3) is 0.400. The van der Waals surface area contributed by atoms with Gasteiger partial charge in [0, 0.05) is 25.8 Å². The molecule has 0 aliphatic carbocycles. The Balaban J connectivity index is 2.73. The molecule has 0 heterocycles. The Morgan fingerprint density at radius 1 is 1.42 bits per heavy atom. The van der Waals surface area contributed by atoms with Crippen LogP contribution in [-0.2, 0) is 16.1 Å². The first-order valence-corrected chi connectivity index (χ1v) is 6.27. The fourth-order valence-corrected chi connectivity index (χ4v) is 1.57. The van der Waals surface area contributed by atoms with Crippen LogP contribution in [-0.4, -0.2) is 37.6 Å². The minimum Gasteiger partial charge on any atom is -0.372 e. The minimum absolute atomic E-state index is 0.0385. The van der Waals surface area contributed by atoms with E-state index < -0.39 is 0 Å². The van der Waals surface area contributed by atoms with Gasteiger partial charge in [0.25, 0.3) is 0 Å². The van der Waals surface area contributed by atoms with Crippen molar-refractivity contribution in [1.82, 2.24) is 4.90 Å². The van der Waals surface area contributed by atoms with E-state index >= 15 is 0 Å². The topological polar surface area (TPSA) is 55.6 Å². The van der Waals surface area contributed by atoms with Crippen LogP contribution in [0, 0.1) is 11.8 Å². The van der Waals surface area contributed by atoms with Gasteiger partial charge in [-0.25, -0.2) is 0 Å². The van der Waals surface area contributed by atoms with E-state index in [1.807, 2.05) is 31.2 Å². The van der Waals surface area contributed by atoms with Gasteiger partial charge in [-0.3, -0.25) is 4.79 Å². The van der Waals surface area contributed by atoms with Gasteiger partial charge in [0.2, 0.25) is 5.91 Å². The molecule has 0 saturated carbocycles. The molecule has 2 N–H and O–H groups in total. The smallest absolute Gasteiger partial charge is 0.248 e. The highest BCUT2D eigenvalue weighted by molar-refractivity contribution is 5.77. The van der Waals surface area contributed by atoms with Gasteiger partial charge < -0.3 is 15.4 Å². The largest absolute Gasteiger partial charge is 0.372 e. The lowest BCUT2D eigenvalue weighted by molar-refractivity contribution is -0.135. The maximum absolute atomic E-state index is 11.8. The Kier molecular flexibility index (Phi) is 6.65. The van der Waals surface area contributed by atoms with Crippen molar-refractivity contribution < 1.29 is 9.53 Å². The highest BCUT2D eigenvalue weighted by Gasteiger charge is 2.10. The van der Waals surface area contributed by atoms with Crippen molar-refractivity contribution in [2.24, 2.45) is 5.73 Å². The normalized spacial score (nSPS) is 9.63. The van der Waals surface area contributed by atoms with Gasteiger partial charge in [-0.1, -0.05) is 30.0 Å². The van der Waals surface area contributed by atoms with Crippen LogP contribution in [0.5, 0.6) is 0 Å². The maximum atomic E-state index is 11.8.